The van der Waals surface area contributed by atoms with E-state index in [0.29, 0.717) is 6.54 Å². The molecule has 1 amide bonds. The molecule has 1 atom stereocenters. The number of benzene rings is 3. The summed E-state index contributed by atoms with van der Waals surface area (Å²) in [5, 5.41) is 0. The quantitative estimate of drug-likeness (QED) is 0.676. The van der Waals surface area contributed by atoms with Crippen LogP contribution in [0, 0.1) is 0 Å². The number of amides is 1. The summed E-state index contributed by atoms with van der Waals surface area (Å²) in [6.45, 7) is 0.620. The molecule has 0 N–H and O–H groups in total. The molecule has 1 aliphatic heterocycles. The molecule has 0 aliphatic carbocycles. The lowest BCUT2D eigenvalue weighted by atomic mass is 9.98. The number of carbonyl (C=O) groups excluding carboxylic acids is 1. The Morgan fingerprint density at radius 1 is 0.846 bits per heavy atom. The Kier molecular flexibility index (Phi) is 4.44. The average Bonchev–Trinajstić information content (AvgIpc) is 2.95. The van der Waals surface area contributed by atoms with Crippen molar-refractivity contribution in [2.45, 2.75) is 19.0 Å². The maximum atomic E-state index is 13.0. The Bertz CT molecular complexity index is 903. The van der Waals surface area contributed by atoms with Crippen molar-refractivity contribution in [1.29, 1.82) is 0 Å². The lowest BCUT2D eigenvalue weighted by Gasteiger charge is -2.26. The molecule has 3 nitrogen and oxygen atoms in total. The third-order valence-corrected chi connectivity index (χ3v) is 4.97. The minimum atomic E-state index is 0.0484. The van der Waals surface area contributed by atoms with Gasteiger partial charge in [-0.3, -0.25) is 4.79 Å². The Balaban J connectivity index is 1.66. The first-order chi connectivity index (χ1) is 12.8. The SMILES string of the molecule is COc1ccc(CC2c3ccccc3C(=O)N2Cc2ccccc2)cc1. The van der Waals surface area contributed by atoms with Crippen molar-refractivity contribution < 1.29 is 9.53 Å². The Hall–Kier alpha value is -3.07. The van der Waals surface area contributed by atoms with Crippen molar-refractivity contribution >= 4 is 5.91 Å². The molecule has 0 saturated heterocycles. The standard InChI is InChI=1S/C23H21NO2/c1-26-19-13-11-17(12-14-19)15-22-20-9-5-6-10-21(20)23(25)24(22)16-18-7-3-2-4-8-18/h2-14,22H,15-16H2,1H3. The summed E-state index contributed by atoms with van der Waals surface area (Å²) in [5.74, 6) is 0.959. The molecule has 0 saturated carbocycles. The molecule has 3 aromatic rings. The van der Waals surface area contributed by atoms with Crippen molar-refractivity contribution in [1.82, 2.24) is 4.90 Å². The lowest BCUT2D eigenvalue weighted by molar-refractivity contribution is 0.0709. The second-order valence-corrected chi connectivity index (χ2v) is 6.57. The summed E-state index contributed by atoms with van der Waals surface area (Å²) >= 11 is 0. The topological polar surface area (TPSA) is 29.5 Å². The minimum absolute atomic E-state index is 0.0484. The van der Waals surface area contributed by atoms with E-state index >= 15 is 0 Å². The Morgan fingerprint density at radius 3 is 2.27 bits per heavy atom. The molecule has 0 spiro atoms. The first kappa shape index (κ1) is 16.4. The zero-order valence-electron chi connectivity index (χ0n) is 14.8. The fourth-order valence-corrected chi connectivity index (χ4v) is 3.61. The van der Waals surface area contributed by atoms with Crippen molar-refractivity contribution in [3.8, 4) is 5.75 Å². The summed E-state index contributed by atoms with van der Waals surface area (Å²) in [6.07, 6.45) is 0.791. The van der Waals surface area contributed by atoms with Crippen molar-refractivity contribution in [2.75, 3.05) is 7.11 Å². The van der Waals surface area contributed by atoms with Crippen LogP contribution in [0.25, 0.3) is 0 Å². The predicted octanol–water partition coefficient (Wildman–Crippen LogP) is 4.64. The number of nitrogens with zero attached hydrogens (tertiary/aromatic N) is 1. The van der Waals surface area contributed by atoms with Crippen LogP contribution in [-0.4, -0.2) is 17.9 Å². The van der Waals surface area contributed by atoms with Gasteiger partial charge in [0.15, 0.2) is 0 Å². The van der Waals surface area contributed by atoms with Gasteiger partial charge in [0, 0.05) is 12.1 Å². The van der Waals surface area contributed by atoms with Crippen LogP contribution in [0.3, 0.4) is 0 Å². The second-order valence-electron chi connectivity index (χ2n) is 6.57. The van der Waals surface area contributed by atoms with Gasteiger partial charge in [-0.05, 0) is 41.3 Å². The predicted molar refractivity (Wildman–Crippen MR) is 102 cm³/mol. The Morgan fingerprint density at radius 2 is 1.54 bits per heavy atom. The van der Waals surface area contributed by atoms with Crippen LogP contribution in [-0.2, 0) is 13.0 Å². The summed E-state index contributed by atoms with van der Waals surface area (Å²) in [5.41, 5.74) is 4.28. The van der Waals surface area contributed by atoms with Crippen LogP contribution < -0.4 is 4.74 Å². The summed E-state index contributed by atoms with van der Waals surface area (Å²) < 4.78 is 5.25. The molecule has 0 fully saturated rings. The third-order valence-electron chi connectivity index (χ3n) is 4.97. The summed E-state index contributed by atoms with van der Waals surface area (Å²) in [4.78, 5) is 15.0. The zero-order valence-corrected chi connectivity index (χ0v) is 14.8. The monoisotopic (exact) mass is 343 g/mol. The van der Waals surface area contributed by atoms with Gasteiger partial charge >= 0.3 is 0 Å². The van der Waals surface area contributed by atoms with Crippen molar-refractivity contribution in [3.05, 3.63) is 101 Å². The highest BCUT2D eigenvalue weighted by Crippen LogP contribution is 2.37. The van der Waals surface area contributed by atoms with E-state index in [1.54, 1.807) is 7.11 Å². The molecule has 3 aromatic carbocycles. The third kappa shape index (κ3) is 3.08. The molecule has 0 aromatic heterocycles. The molecule has 1 unspecified atom stereocenters. The highest BCUT2D eigenvalue weighted by atomic mass is 16.5. The van der Waals surface area contributed by atoms with E-state index in [0.717, 1.165) is 28.9 Å². The minimum Gasteiger partial charge on any atom is -0.497 e. The van der Waals surface area contributed by atoms with Crippen LogP contribution in [0.15, 0.2) is 78.9 Å². The molecule has 1 aliphatic rings. The number of methoxy groups -OCH3 is 1. The van der Waals surface area contributed by atoms with Crippen molar-refractivity contribution in [3.63, 3.8) is 0 Å². The number of fused-ring (bicyclic) bond motifs is 1. The number of carbonyl (C=O) groups is 1. The molecule has 130 valence electrons. The first-order valence-electron chi connectivity index (χ1n) is 8.83. The lowest BCUT2D eigenvalue weighted by Crippen LogP contribution is -2.28. The van der Waals surface area contributed by atoms with Crippen LogP contribution in [0.5, 0.6) is 5.75 Å². The van der Waals surface area contributed by atoms with Gasteiger partial charge in [0.25, 0.3) is 5.91 Å². The number of hydrogen-bond acceptors (Lipinski definition) is 2. The molecule has 0 bridgehead atoms. The number of ether oxygens (including phenoxy) is 1. The average molecular weight is 343 g/mol. The fourth-order valence-electron chi connectivity index (χ4n) is 3.61. The maximum absolute atomic E-state index is 13.0. The van der Waals surface area contributed by atoms with E-state index in [9.17, 15) is 4.79 Å². The number of rotatable bonds is 5. The van der Waals surface area contributed by atoms with Crippen LogP contribution in [0.4, 0.5) is 0 Å². The van der Waals surface area contributed by atoms with Gasteiger partial charge < -0.3 is 9.64 Å². The van der Waals surface area contributed by atoms with Crippen molar-refractivity contribution in [2.24, 2.45) is 0 Å². The molecular formula is C23H21NO2. The van der Waals surface area contributed by atoms with Gasteiger partial charge in [-0.1, -0.05) is 60.7 Å². The summed E-state index contributed by atoms with van der Waals surface area (Å²) in [7, 11) is 1.67. The highest BCUT2D eigenvalue weighted by Gasteiger charge is 2.36. The van der Waals surface area contributed by atoms with Gasteiger partial charge in [0.1, 0.15) is 5.75 Å². The van der Waals surface area contributed by atoms with Gasteiger partial charge in [0.05, 0.1) is 13.2 Å². The molecule has 26 heavy (non-hydrogen) atoms. The Labute approximate surface area is 153 Å². The van der Waals surface area contributed by atoms with E-state index < -0.39 is 0 Å². The fraction of sp³-hybridized carbons (Fsp3) is 0.174. The maximum Gasteiger partial charge on any atom is 0.255 e. The number of hydrogen-bond donors (Lipinski definition) is 0. The van der Waals surface area contributed by atoms with Gasteiger partial charge in [-0.15, -0.1) is 0 Å². The molecular weight excluding hydrogens is 322 g/mol. The van der Waals surface area contributed by atoms with Gasteiger partial charge in [-0.25, -0.2) is 0 Å². The molecule has 4 rings (SSSR count). The van der Waals surface area contributed by atoms with Crippen LogP contribution in [0.1, 0.15) is 33.1 Å². The first-order valence-corrected chi connectivity index (χ1v) is 8.83. The highest BCUT2D eigenvalue weighted by molar-refractivity contribution is 5.99. The smallest absolute Gasteiger partial charge is 0.255 e. The van der Waals surface area contributed by atoms with E-state index in [1.807, 2.05) is 53.4 Å². The normalized spacial score (nSPS) is 15.8. The van der Waals surface area contributed by atoms with E-state index in [-0.39, 0.29) is 11.9 Å². The largest absolute Gasteiger partial charge is 0.497 e. The van der Waals surface area contributed by atoms with Gasteiger partial charge in [-0.2, -0.15) is 0 Å². The second kappa shape index (κ2) is 7.04. The molecule has 0 radical (unpaired) electrons. The zero-order chi connectivity index (χ0) is 17.9. The van der Waals surface area contributed by atoms with Crippen LogP contribution in [0.2, 0.25) is 0 Å². The van der Waals surface area contributed by atoms with Crippen LogP contribution >= 0.6 is 0 Å². The van der Waals surface area contributed by atoms with E-state index in [2.05, 4.69) is 30.3 Å². The molecule has 1 heterocycles. The van der Waals surface area contributed by atoms with E-state index in [4.69, 9.17) is 4.74 Å². The van der Waals surface area contributed by atoms with Gasteiger partial charge in [0.2, 0.25) is 0 Å². The molecule has 3 heteroatoms. The van der Waals surface area contributed by atoms with E-state index in [1.165, 1.54) is 5.56 Å². The summed E-state index contributed by atoms with van der Waals surface area (Å²) in [6, 6.07) is 26.3.